The molecule has 0 fully saturated rings. The molecule has 3 aromatic carbocycles. The summed E-state index contributed by atoms with van der Waals surface area (Å²) in [6.07, 6.45) is 1.74. The quantitative estimate of drug-likeness (QED) is 0.317. The van der Waals surface area contributed by atoms with E-state index < -0.39 is 0 Å². The monoisotopic (exact) mass is 397 g/mol. The third-order valence-electron chi connectivity index (χ3n) is 5.28. The molecule has 3 heteroatoms. The predicted octanol–water partition coefficient (Wildman–Crippen LogP) is 6.95. The van der Waals surface area contributed by atoms with E-state index in [1.165, 1.54) is 22.3 Å². The van der Waals surface area contributed by atoms with Crippen molar-refractivity contribution in [1.82, 2.24) is 5.16 Å². The Balaban J connectivity index is 1.43. The summed E-state index contributed by atoms with van der Waals surface area (Å²) in [5.74, 6) is 1.90. The van der Waals surface area contributed by atoms with Gasteiger partial charge in [-0.3, -0.25) is 0 Å². The number of aromatic nitrogens is 1. The topological polar surface area (TPSA) is 35.3 Å². The maximum Gasteiger partial charge on any atom is 0.137 e. The van der Waals surface area contributed by atoms with Gasteiger partial charge < -0.3 is 9.26 Å². The highest BCUT2D eigenvalue weighted by molar-refractivity contribution is 5.72. The number of nitrogens with zero attached hydrogens (tertiary/aromatic N) is 1. The lowest BCUT2D eigenvalue weighted by molar-refractivity contribution is 0.296. The van der Waals surface area contributed by atoms with Crippen molar-refractivity contribution in [3.63, 3.8) is 0 Å². The zero-order valence-electron chi connectivity index (χ0n) is 17.8. The van der Waals surface area contributed by atoms with Crippen molar-refractivity contribution in [3.8, 4) is 28.0 Å². The van der Waals surface area contributed by atoms with Crippen LogP contribution in [0.4, 0.5) is 0 Å². The lowest BCUT2D eigenvalue weighted by Gasteiger charge is -2.14. The fourth-order valence-corrected chi connectivity index (χ4v) is 3.79. The van der Waals surface area contributed by atoms with Crippen LogP contribution in [0.25, 0.3) is 22.3 Å². The first kappa shape index (κ1) is 20.0. The third-order valence-corrected chi connectivity index (χ3v) is 5.28. The van der Waals surface area contributed by atoms with Gasteiger partial charge in [0.1, 0.15) is 11.5 Å². The molecule has 0 bridgehead atoms. The van der Waals surface area contributed by atoms with Crippen molar-refractivity contribution in [2.75, 3.05) is 6.61 Å². The Morgan fingerprint density at radius 3 is 1.93 bits per heavy atom. The summed E-state index contributed by atoms with van der Waals surface area (Å²) in [5.41, 5.74) is 8.14. The largest absolute Gasteiger partial charge is 0.493 e. The molecule has 0 N–H and O–H groups in total. The van der Waals surface area contributed by atoms with Gasteiger partial charge >= 0.3 is 0 Å². The highest BCUT2D eigenvalue weighted by atomic mass is 16.5. The third kappa shape index (κ3) is 4.62. The van der Waals surface area contributed by atoms with Gasteiger partial charge in [-0.15, -0.1) is 0 Å². The van der Waals surface area contributed by atoms with Crippen LogP contribution in [0.5, 0.6) is 5.75 Å². The summed E-state index contributed by atoms with van der Waals surface area (Å²) >= 11 is 0. The molecule has 0 radical (unpaired) electrons. The van der Waals surface area contributed by atoms with Crippen LogP contribution in [0.1, 0.15) is 29.0 Å². The fraction of sp³-hybridized carbons (Fsp3) is 0.222. The SMILES string of the molecule is Cc1cc(CCCOc2c(C)cc(-c3ccc(-c4ccccc4)cc3)cc2C)on1. The number of rotatable bonds is 7. The average molecular weight is 398 g/mol. The van der Waals surface area contributed by atoms with Crippen molar-refractivity contribution in [2.45, 2.75) is 33.6 Å². The van der Waals surface area contributed by atoms with E-state index in [0.29, 0.717) is 6.61 Å². The second-order valence-electron chi connectivity index (χ2n) is 7.77. The molecule has 1 aromatic heterocycles. The number of benzene rings is 3. The summed E-state index contributed by atoms with van der Waals surface area (Å²) in [5, 5.41) is 3.93. The fourth-order valence-electron chi connectivity index (χ4n) is 3.79. The van der Waals surface area contributed by atoms with E-state index in [9.17, 15) is 0 Å². The van der Waals surface area contributed by atoms with E-state index in [1.807, 2.05) is 19.1 Å². The minimum absolute atomic E-state index is 0.659. The molecule has 0 spiro atoms. The van der Waals surface area contributed by atoms with Gasteiger partial charge in [0.05, 0.1) is 12.3 Å². The molecule has 4 aromatic rings. The molecule has 152 valence electrons. The van der Waals surface area contributed by atoms with Crippen molar-refractivity contribution < 1.29 is 9.26 Å². The van der Waals surface area contributed by atoms with Crippen LogP contribution in [0, 0.1) is 20.8 Å². The van der Waals surface area contributed by atoms with Gasteiger partial charge in [-0.1, -0.05) is 59.8 Å². The van der Waals surface area contributed by atoms with Crippen molar-refractivity contribution in [1.29, 1.82) is 0 Å². The minimum Gasteiger partial charge on any atom is -0.493 e. The maximum atomic E-state index is 6.10. The molecule has 3 nitrogen and oxygen atoms in total. The minimum atomic E-state index is 0.659. The van der Waals surface area contributed by atoms with Crippen molar-refractivity contribution in [2.24, 2.45) is 0 Å². The predicted molar refractivity (Wildman–Crippen MR) is 122 cm³/mol. The highest BCUT2D eigenvalue weighted by Gasteiger charge is 2.09. The number of hydrogen-bond donors (Lipinski definition) is 0. The van der Waals surface area contributed by atoms with E-state index in [-0.39, 0.29) is 0 Å². The molecule has 0 atom stereocenters. The molecule has 4 rings (SSSR count). The van der Waals surface area contributed by atoms with E-state index in [2.05, 4.69) is 79.7 Å². The van der Waals surface area contributed by atoms with E-state index in [0.717, 1.165) is 41.2 Å². The standard InChI is InChI=1S/C27H27NO2/c1-19-16-25(24-13-11-23(12-14-24)22-8-5-4-6-9-22)17-20(2)27(19)29-15-7-10-26-18-21(3)28-30-26/h4-6,8-9,11-14,16-18H,7,10,15H2,1-3H3. The Hall–Kier alpha value is -3.33. The van der Waals surface area contributed by atoms with Crippen LogP contribution in [0.2, 0.25) is 0 Å². The number of hydrogen-bond acceptors (Lipinski definition) is 3. The Bertz CT molecular complexity index is 1090. The van der Waals surface area contributed by atoms with Crippen LogP contribution in [-0.4, -0.2) is 11.8 Å². The Morgan fingerprint density at radius 2 is 1.33 bits per heavy atom. The van der Waals surface area contributed by atoms with Crippen LogP contribution >= 0.6 is 0 Å². The summed E-state index contributed by atoms with van der Waals surface area (Å²) in [6.45, 7) is 6.83. The van der Waals surface area contributed by atoms with Gasteiger partial charge in [-0.25, -0.2) is 0 Å². The molecule has 0 unspecified atom stereocenters. The van der Waals surface area contributed by atoms with Crippen LogP contribution < -0.4 is 4.74 Å². The molecular formula is C27H27NO2. The zero-order chi connectivity index (χ0) is 20.9. The number of ether oxygens (including phenoxy) is 1. The van der Waals surface area contributed by atoms with E-state index >= 15 is 0 Å². The molecule has 0 aliphatic rings. The molecule has 30 heavy (non-hydrogen) atoms. The molecule has 1 heterocycles. The lowest BCUT2D eigenvalue weighted by Crippen LogP contribution is -2.02. The molecule has 0 saturated heterocycles. The molecule has 0 aliphatic carbocycles. The van der Waals surface area contributed by atoms with Crippen molar-refractivity contribution in [3.05, 3.63) is 95.4 Å². The van der Waals surface area contributed by atoms with Gasteiger partial charge in [0.25, 0.3) is 0 Å². The Labute approximate surface area is 178 Å². The first-order valence-corrected chi connectivity index (χ1v) is 10.4. The molecule has 0 saturated carbocycles. The summed E-state index contributed by atoms with van der Waals surface area (Å²) in [4.78, 5) is 0. The van der Waals surface area contributed by atoms with E-state index in [1.54, 1.807) is 0 Å². The van der Waals surface area contributed by atoms with Gasteiger partial charge in [0.2, 0.25) is 0 Å². The van der Waals surface area contributed by atoms with Gasteiger partial charge in [-0.2, -0.15) is 0 Å². The van der Waals surface area contributed by atoms with Gasteiger partial charge in [0, 0.05) is 12.5 Å². The average Bonchev–Trinajstić information content (AvgIpc) is 3.18. The molecule has 0 amide bonds. The molecule has 0 aliphatic heterocycles. The molecular weight excluding hydrogens is 370 g/mol. The van der Waals surface area contributed by atoms with Crippen LogP contribution in [-0.2, 0) is 6.42 Å². The maximum absolute atomic E-state index is 6.10. The summed E-state index contributed by atoms with van der Waals surface area (Å²) in [7, 11) is 0. The number of aryl methyl sites for hydroxylation is 4. The summed E-state index contributed by atoms with van der Waals surface area (Å²) < 4.78 is 11.4. The Morgan fingerprint density at radius 1 is 0.733 bits per heavy atom. The lowest BCUT2D eigenvalue weighted by atomic mass is 9.97. The first-order chi connectivity index (χ1) is 14.6. The normalized spacial score (nSPS) is 10.9. The van der Waals surface area contributed by atoms with Crippen LogP contribution in [0.15, 0.2) is 77.3 Å². The first-order valence-electron chi connectivity index (χ1n) is 10.4. The second-order valence-corrected chi connectivity index (χ2v) is 7.77. The van der Waals surface area contributed by atoms with E-state index in [4.69, 9.17) is 9.26 Å². The van der Waals surface area contributed by atoms with Gasteiger partial charge in [-0.05, 0) is 72.7 Å². The van der Waals surface area contributed by atoms with Crippen LogP contribution in [0.3, 0.4) is 0 Å². The summed E-state index contributed by atoms with van der Waals surface area (Å²) in [6, 6.07) is 25.6. The Kier molecular flexibility index (Phi) is 5.99. The smallest absolute Gasteiger partial charge is 0.137 e. The van der Waals surface area contributed by atoms with Crippen molar-refractivity contribution >= 4 is 0 Å². The highest BCUT2D eigenvalue weighted by Crippen LogP contribution is 2.31. The van der Waals surface area contributed by atoms with Gasteiger partial charge in [0.15, 0.2) is 0 Å². The second kappa shape index (κ2) is 9.00. The zero-order valence-corrected chi connectivity index (χ0v) is 17.8.